The number of nitro groups is 1. The van der Waals surface area contributed by atoms with Crippen molar-refractivity contribution in [1.82, 2.24) is 5.32 Å². The van der Waals surface area contributed by atoms with Crippen molar-refractivity contribution in [3.63, 3.8) is 0 Å². The molecule has 1 aromatic rings. The Morgan fingerprint density at radius 2 is 2.00 bits per heavy atom. The van der Waals surface area contributed by atoms with Crippen LogP contribution in [0.5, 0.6) is 0 Å². The third-order valence-electron chi connectivity index (χ3n) is 3.12. The fourth-order valence-electron chi connectivity index (χ4n) is 1.84. The Labute approximate surface area is 116 Å². The molecule has 110 valence electrons. The number of benzene rings is 1. The second-order valence-electron chi connectivity index (χ2n) is 4.34. The first kappa shape index (κ1) is 15.9. The highest BCUT2D eigenvalue weighted by atomic mass is 19.1. The first-order valence-electron chi connectivity index (χ1n) is 6.41. The summed E-state index contributed by atoms with van der Waals surface area (Å²) in [5.74, 6) is -1.33. The summed E-state index contributed by atoms with van der Waals surface area (Å²) in [6, 6.07) is 1.85. The van der Waals surface area contributed by atoms with Gasteiger partial charge < -0.3 is 10.6 Å². The van der Waals surface area contributed by atoms with Crippen molar-refractivity contribution in [1.29, 1.82) is 0 Å². The van der Waals surface area contributed by atoms with Gasteiger partial charge in [-0.1, -0.05) is 13.8 Å². The Kier molecular flexibility index (Phi) is 5.42. The molecular weight excluding hydrogens is 265 g/mol. The van der Waals surface area contributed by atoms with Crippen LogP contribution in [0.2, 0.25) is 0 Å². The van der Waals surface area contributed by atoms with Crippen molar-refractivity contribution in [2.45, 2.75) is 32.7 Å². The number of carbonyl (C=O) groups excluding carboxylic acids is 1. The van der Waals surface area contributed by atoms with Gasteiger partial charge in [0.2, 0.25) is 0 Å². The summed E-state index contributed by atoms with van der Waals surface area (Å²) in [6.07, 6.45) is 1.44. The van der Waals surface area contributed by atoms with Crippen LogP contribution >= 0.6 is 0 Å². The maximum Gasteiger partial charge on any atom is 0.285 e. The fraction of sp³-hybridized carbons (Fsp3) is 0.462. The van der Waals surface area contributed by atoms with Gasteiger partial charge in [-0.15, -0.1) is 0 Å². The minimum atomic E-state index is -0.765. The molecule has 0 saturated carbocycles. The van der Waals surface area contributed by atoms with Gasteiger partial charge in [-0.2, -0.15) is 0 Å². The Morgan fingerprint density at radius 3 is 2.45 bits per heavy atom. The monoisotopic (exact) mass is 283 g/mol. The van der Waals surface area contributed by atoms with E-state index in [0.29, 0.717) is 0 Å². The molecule has 0 aromatic heterocycles. The highest BCUT2D eigenvalue weighted by Crippen LogP contribution is 2.26. The lowest BCUT2D eigenvalue weighted by Crippen LogP contribution is -2.34. The van der Waals surface area contributed by atoms with Crippen molar-refractivity contribution in [3.05, 3.63) is 33.6 Å². The van der Waals surface area contributed by atoms with Crippen LogP contribution in [0.1, 0.15) is 37.0 Å². The number of amides is 1. The summed E-state index contributed by atoms with van der Waals surface area (Å²) >= 11 is 0. The molecule has 1 rings (SSSR count). The number of nitro benzene ring substituents is 1. The molecule has 1 amide bonds. The average Bonchev–Trinajstić information content (AvgIpc) is 2.43. The Bertz CT molecular complexity index is 516. The van der Waals surface area contributed by atoms with Crippen LogP contribution in [-0.2, 0) is 0 Å². The van der Waals surface area contributed by atoms with E-state index >= 15 is 0 Å². The predicted molar refractivity (Wildman–Crippen MR) is 74.4 cm³/mol. The number of nitrogens with one attached hydrogen (secondary N) is 2. The summed E-state index contributed by atoms with van der Waals surface area (Å²) in [4.78, 5) is 22.3. The van der Waals surface area contributed by atoms with E-state index in [9.17, 15) is 19.3 Å². The lowest BCUT2D eigenvalue weighted by Gasteiger charge is -2.15. The Morgan fingerprint density at radius 1 is 1.40 bits per heavy atom. The van der Waals surface area contributed by atoms with E-state index in [0.717, 1.165) is 25.0 Å². The number of nitrogens with zero attached hydrogens (tertiary/aromatic N) is 1. The molecule has 1 aromatic carbocycles. The zero-order valence-corrected chi connectivity index (χ0v) is 11.7. The lowest BCUT2D eigenvalue weighted by molar-refractivity contribution is -0.385. The van der Waals surface area contributed by atoms with Crippen molar-refractivity contribution < 1.29 is 14.1 Å². The van der Waals surface area contributed by atoms with Gasteiger partial charge in [0.05, 0.1) is 16.7 Å². The van der Waals surface area contributed by atoms with Gasteiger partial charge in [-0.25, -0.2) is 4.39 Å². The van der Waals surface area contributed by atoms with E-state index < -0.39 is 22.3 Å². The molecular formula is C13H18FN3O3. The summed E-state index contributed by atoms with van der Waals surface area (Å²) in [5.41, 5.74) is -0.636. The minimum Gasteiger partial charge on any atom is -0.386 e. The molecule has 6 nitrogen and oxygen atoms in total. The van der Waals surface area contributed by atoms with Crippen LogP contribution in [-0.4, -0.2) is 23.9 Å². The first-order chi connectivity index (χ1) is 9.44. The van der Waals surface area contributed by atoms with Gasteiger partial charge >= 0.3 is 0 Å². The number of halogens is 1. The molecule has 0 radical (unpaired) electrons. The van der Waals surface area contributed by atoms with E-state index in [2.05, 4.69) is 10.6 Å². The van der Waals surface area contributed by atoms with E-state index in [-0.39, 0.29) is 17.3 Å². The normalized spacial score (nSPS) is 10.4. The Balaban J connectivity index is 3.20. The van der Waals surface area contributed by atoms with Crippen molar-refractivity contribution in [2.75, 3.05) is 12.4 Å². The number of carbonyl (C=O) groups is 1. The van der Waals surface area contributed by atoms with E-state index in [4.69, 9.17) is 0 Å². The predicted octanol–water partition coefficient (Wildman–Crippen LogP) is 2.69. The number of hydrogen-bond donors (Lipinski definition) is 2. The van der Waals surface area contributed by atoms with E-state index in [1.807, 2.05) is 13.8 Å². The molecule has 0 aliphatic heterocycles. The quantitative estimate of drug-likeness (QED) is 0.621. The molecule has 0 unspecified atom stereocenters. The van der Waals surface area contributed by atoms with E-state index in [1.165, 1.54) is 7.05 Å². The molecule has 0 aliphatic carbocycles. The SMILES string of the molecule is CCC(CC)NC(=O)c1cc(NC)c(F)cc1[N+](=O)[O-]. The molecule has 0 fully saturated rings. The van der Waals surface area contributed by atoms with Crippen molar-refractivity contribution in [2.24, 2.45) is 0 Å². The van der Waals surface area contributed by atoms with Crippen LogP contribution in [0.15, 0.2) is 12.1 Å². The van der Waals surface area contributed by atoms with Gasteiger partial charge in [0.15, 0.2) is 5.82 Å². The molecule has 0 heterocycles. The van der Waals surface area contributed by atoms with Crippen LogP contribution < -0.4 is 10.6 Å². The molecule has 0 spiro atoms. The maximum absolute atomic E-state index is 13.6. The number of rotatable bonds is 6. The minimum absolute atomic E-state index is 0.0466. The van der Waals surface area contributed by atoms with Gasteiger partial charge in [-0.05, 0) is 18.9 Å². The topological polar surface area (TPSA) is 84.3 Å². The summed E-state index contributed by atoms with van der Waals surface area (Å²) in [6.45, 7) is 3.82. The lowest BCUT2D eigenvalue weighted by atomic mass is 10.1. The third-order valence-corrected chi connectivity index (χ3v) is 3.12. The highest BCUT2D eigenvalue weighted by Gasteiger charge is 2.24. The molecule has 0 bridgehead atoms. The fourth-order valence-corrected chi connectivity index (χ4v) is 1.84. The largest absolute Gasteiger partial charge is 0.386 e. The molecule has 2 N–H and O–H groups in total. The standard InChI is InChI=1S/C13H18FN3O3/c1-4-8(5-2)16-13(18)9-6-11(15-3)10(14)7-12(9)17(19)20/h6-8,15H,4-5H2,1-3H3,(H,16,18). The molecule has 0 saturated heterocycles. The van der Waals surface area contributed by atoms with Crippen LogP contribution in [0.25, 0.3) is 0 Å². The summed E-state index contributed by atoms with van der Waals surface area (Å²) < 4.78 is 13.6. The van der Waals surface area contributed by atoms with Crippen molar-refractivity contribution in [3.8, 4) is 0 Å². The highest BCUT2D eigenvalue weighted by molar-refractivity contribution is 5.99. The number of anilines is 1. The molecule has 7 heteroatoms. The summed E-state index contributed by atoms with van der Waals surface area (Å²) in [7, 11) is 1.48. The molecule has 20 heavy (non-hydrogen) atoms. The zero-order valence-electron chi connectivity index (χ0n) is 11.7. The number of hydrogen-bond acceptors (Lipinski definition) is 4. The van der Waals surface area contributed by atoms with Gasteiger partial charge in [0.1, 0.15) is 5.56 Å². The molecule has 0 atom stereocenters. The Hall–Kier alpha value is -2.18. The van der Waals surface area contributed by atoms with Gasteiger partial charge in [0, 0.05) is 13.1 Å². The first-order valence-corrected chi connectivity index (χ1v) is 6.41. The second-order valence-corrected chi connectivity index (χ2v) is 4.34. The maximum atomic E-state index is 13.6. The average molecular weight is 283 g/mol. The van der Waals surface area contributed by atoms with Crippen LogP contribution in [0.3, 0.4) is 0 Å². The van der Waals surface area contributed by atoms with Gasteiger partial charge in [0.25, 0.3) is 11.6 Å². The summed E-state index contributed by atoms with van der Waals surface area (Å²) in [5, 5.41) is 16.2. The van der Waals surface area contributed by atoms with Crippen LogP contribution in [0.4, 0.5) is 15.8 Å². The second kappa shape index (κ2) is 6.83. The van der Waals surface area contributed by atoms with Crippen molar-refractivity contribution >= 4 is 17.3 Å². The molecule has 0 aliphatic rings. The van der Waals surface area contributed by atoms with E-state index in [1.54, 1.807) is 0 Å². The van der Waals surface area contributed by atoms with Gasteiger partial charge in [-0.3, -0.25) is 14.9 Å². The zero-order chi connectivity index (χ0) is 15.3. The van der Waals surface area contributed by atoms with Crippen LogP contribution in [0, 0.1) is 15.9 Å². The smallest absolute Gasteiger partial charge is 0.285 e. The third kappa shape index (κ3) is 3.43.